The Labute approximate surface area is 253 Å². The van der Waals surface area contributed by atoms with Gasteiger partial charge in [0.25, 0.3) is 5.91 Å². The average molecular weight is 591 g/mol. The third-order valence-electron chi connectivity index (χ3n) is 7.80. The number of hydrogen-bond donors (Lipinski definition) is 0. The molecule has 1 aliphatic heterocycles. The molecule has 2 heterocycles. The van der Waals surface area contributed by atoms with Crippen LogP contribution in [0, 0.1) is 0 Å². The monoisotopic (exact) mass is 590 g/mol. The molecule has 0 N–H and O–H groups in total. The standard InChI is InChI=1S/C32H42N6O5/c1-6-35(7-2)15-16-38(32(40)25-9-8-10-26(21-25)41-3)23-31(39)37-19-17-36(18-20-37)30-14-12-27(33-34-30)24-11-13-28(42-4)29(22-24)43-5/h8-14,21-22H,6-7,15-20,23H2,1-5H3. The number of benzene rings is 2. The second-order valence-electron chi connectivity index (χ2n) is 10.2. The van der Waals surface area contributed by atoms with E-state index in [1.807, 2.05) is 35.2 Å². The van der Waals surface area contributed by atoms with E-state index in [-0.39, 0.29) is 18.4 Å². The zero-order valence-corrected chi connectivity index (χ0v) is 25.8. The van der Waals surface area contributed by atoms with Crippen LogP contribution in [0.15, 0.2) is 54.6 Å². The third kappa shape index (κ3) is 7.92. The van der Waals surface area contributed by atoms with Gasteiger partial charge in [0.05, 0.1) is 27.0 Å². The maximum Gasteiger partial charge on any atom is 0.254 e. The molecule has 0 saturated carbocycles. The highest BCUT2D eigenvalue weighted by atomic mass is 16.5. The van der Waals surface area contributed by atoms with Crippen LogP contribution in [-0.4, -0.2) is 117 Å². The predicted octanol–water partition coefficient (Wildman–Crippen LogP) is 3.30. The summed E-state index contributed by atoms with van der Waals surface area (Å²) in [4.78, 5) is 34.8. The summed E-state index contributed by atoms with van der Waals surface area (Å²) in [5.74, 6) is 2.40. The Bertz CT molecular complexity index is 1360. The first-order valence-corrected chi connectivity index (χ1v) is 14.6. The highest BCUT2D eigenvalue weighted by Crippen LogP contribution is 2.31. The summed E-state index contributed by atoms with van der Waals surface area (Å²) in [5.41, 5.74) is 2.11. The first kappa shape index (κ1) is 31.6. The van der Waals surface area contributed by atoms with E-state index >= 15 is 0 Å². The Morgan fingerprint density at radius 2 is 1.56 bits per heavy atom. The average Bonchev–Trinajstić information content (AvgIpc) is 3.07. The Morgan fingerprint density at radius 3 is 2.19 bits per heavy atom. The molecule has 0 radical (unpaired) electrons. The molecule has 0 unspecified atom stereocenters. The molecule has 2 amide bonds. The number of likely N-dealkylation sites (N-methyl/N-ethyl adjacent to an activating group) is 1. The molecule has 0 spiro atoms. The number of nitrogens with zero attached hydrogens (tertiary/aromatic N) is 6. The molecule has 1 saturated heterocycles. The van der Waals surface area contributed by atoms with Gasteiger partial charge in [-0.2, -0.15) is 0 Å². The highest BCUT2D eigenvalue weighted by molar-refractivity contribution is 5.97. The first-order chi connectivity index (χ1) is 20.9. The molecule has 1 aliphatic rings. The Hall–Kier alpha value is -4.38. The Balaban J connectivity index is 1.38. The van der Waals surface area contributed by atoms with Gasteiger partial charge in [0.1, 0.15) is 12.3 Å². The van der Waals surface area contributed by atoms with E-state index in [9.17, 15) is 9.59 Å². The fraction of sp³-hybridized carbons (Fsp3) is 0.438. The SMILES string of the molecule is CCN(CC)CCN(CC(=O)N1CCN(c2ccc(-c3ccc(OC)c(OC)c3)nn2)CC1)C(=O)c1cccc(OC)c1. The van der Waals surface area contributed by atoms with Crippen molar-refractivity contribution in [3.63, 3.8) is 0 Å². The minimum Gasteiger partial charge on any atom is -0.497 e. The summed E-state index contributed by atoms with van der Waals surface area (Å²) < 4.78 is 16.0. The molecular weight excluding hydrogens is 548 g/mol. The molecular formula is C32H42N6O5. The smallest absolute Gasteiger partial charge is 0.254 e. The summed E-state index contributed by atoms with van der Waals surface area (Å²) in [7, 11) is 4.78. The van der Waals surface area contributed by atoms with Gasteiger partial charge in [-0.3, -0.25) is 9.59 Å². The van der Waals surface area contributed by atoms with Crippen LogP contribution in [0.5, 0.6) is 17.2 Å². The van der Waals surface area contributed by atoms with Gasteiger partial charge in [0.2, 0.25) is 5.91 Å². The van der Waals surface area contributed by atoms with Gasteiger partial charge in [0, 0.05) is 50.4 Å². The number of amides is 2. The third-order valence-corrected chi connectivity index (χ3v) is 7.80. The van der Waals surface area contributed by atoms with Crippen molar-refractivity contribution in [2.75, 3.05) is 85.1 Å². The number of methoxy groups -OCH3 is 3. The van der Waals surface area contributed by atoms with Crippen molar-refractivity contribution in [3.05, 3.63) is 60.2 Å². The molecule has 0 aliphatic carbocycles. The van der Waals surface area contributed by atoms with Gasteiger partial charge in [-0.25, -0.2) is 0 Å². The lowest BCUT2D eigenvalue weighted by atomic mass is 10.1. The number of carbonyl (C=O) groups excluding carboxylic acids is 2. The summed E-state index contributed by atoms with van der Waals surface area (Å²) in [6.07, 6.45) is 0. The first-order valence-electron chi connectivity index (χ1n) is 14.6. The molecule has 43 heavy (non-hydrogen) atoms. The number of aromatic nitrogens is 2. The van der Waals surface area contributed by atoms with Crippen molar-refractivity contribution in [2.24, 2.45) is 0 Å². The number of piperazine rings is 1. The minimum atomic E-state index is -0.178. The quantitative estimate of drug-likeness (QED) is 0.297. The van der Waals surface area contributed by atoms with Crippen LogP contribution < -0.4 is 19.1 Å². The largest absolute Gasteiger partial charge is 0.497 e. The maximum atomic E-state index is 13.5. The van der Waals surface area contributed by atoms with Crippen LogP contribution in [0.4, 0.5) is 5.82 Å². The number of anilines is 1. The van der Waals surface area contributed by atoms with Gasteiger partial charge in [-0.15, -0.1) is 10.2 Å². The zero-order valence-electron chi connectivity index (χ0n) is 25.8. The summed E-state index contributed by atoms with van der Waals surface area (Å²) >= 11 is 0. The summed E-state index contributed by atoms with van der Waals surface area (Å²) in [5, 5.41) is 8.89. The van der Waals surface area contributed by atoms with E-state index in [2.05, 4.69) is 33.8 Å². The Kier molecular flexibility index (Phi) is 11.2. The van der Waals surface area contributed by atoms with Crippen LogP contribution >= 0.6 is 0 Å². The molecule has 230 valence electrons. The van der Waals surface area contributed by atoms with Crippen LogP contribution in [-0.2, 0) is 4.79 Å². The van der Waals surface area contributed by atoms with Crippen LogP contribution in [0.1, 0.15) is 24.2 Å². The van der Waals surface area contributed by atoms with E-state index in [0.29, 0.717) is 62.1 Å². The number of rotatable bonds is 13. The summed E-state index contributed by atoms with van der Waals surface area (Å²) in [6.45, 7) is 9.46. The second-order valence-corrected chi connectivity index (χ2v) is 10.2. The van der Waals surface area contributed by atoms with E-state index in [1.54, 1.807) is 50.5 Å². The van der Waals surface area contributed by atoms with Gasteiger partial charge >= 0.3 is 0 Å². The lowest BCUT2D eigenvalue weighted by Crippen LogP contribution is -2.52. The van der Waals surface area contributed by atoms with Crippen molar-refractivity contribution >= 4 is 17.6 Å². The number of carbonyl (C=O) groups is 2. The van der Waals surface area contributed by atoms with E-state index in [0.717, 1.165) is 30.2 Å². The molecule has 11 heteroatoms. The topological polar surface area (TPSA) is 101 Å². The Morgan fingerprint density at radius 1 is 0.814 bits per heavy atom. The number of ether oxygens (including phenoxy) is 3. The molecule has 1 aromatic heterocycles. The van der Waals surface area contributed by atoms with Gasteiger partial charge < -0.3 is 33.8 Å². The van der Waals surface area contributed by atoms with E-state index in [4.69, 9.17) is 14.2 Å². The molecule has 1 fully saturated rings. The molecule has 4 rings (SSSR count). The van der Waals surface area contributed by atoms with E-state index < -0.39 is 0 Å². The molecule has 2 aromatic carbocycles. The minimum absolute atomic E-state index is 0.0249. The van der Waals surface area contributed by atoms with Gasteiger partial charge in [0.15, 0.2) is 17.3 Å². The highest BCUT2D eigenvalue weighted by Gasteiger charge is 2.26. The molecule has 0 bridgehead atoms. The van der Waals surface area contributed by atoms with Gasteiger partial charge in [-0.1, -0.05) is 19.9 Å². The number of hydrogen-bond acceptors (Lipinski definition) is 9. The fourth-order valence-electron chi connectivity index (χ4n) is 5.08. The van der Waals surface area contributed by atoms with E-state index in [1.165, 1.54) is 0 Å². The zero-order chi connectivity index (χ0) is 30.8. The fourth-order valence-corrected chi connectivity index (χ4v) is 5.08. The molecule has 11 nitrogen and oxygen atoms in total. The lowest BCUT2D eigenvalue weighted by Gasteiger charge is -2.36. The summed E-state index contributed by atoms with van der Waals surface area (Å²) in [6, 6.07) is 16.6. The lowest BCUT2D eigenvalue weighted by molar-refractivity contribution is -0.132. The second kappa shape index (κ2) is 15.2. The van der Waals surface area contributed by atoms with Crippen molar-refractivity contribution in [1.29, 1.82) is 0 Å². The van der Waals surface area contributed by atoms with Crippen LogP contribution in [0.2, 0.25) is 0 Å². The predicted molar refractivity (Wildman–Crippen MR) is 166 cm³/mol. The van der Waals surface area contributed by atoms with Crippen LogP contribution in [0.25, 0.3) is 11.3 Å². The maximum absolute atomic E-state index is 13.5. The molecule has 3 aromatic rings. The van der Waals surface area contributed by atoms with Crippen LogP contribution in [0.3, 0.4) is 0 Å². The van der Waals surface area contributed by atoms with Crippen molar-refractivity contribution in [2.45, 2.75) is 13.8 Å². The molecule has 0 atom stereocenters. The van der Waals surface area contributed by atoms with Crippen molar-refractivity contribution in [1.82, 2.24) is 24.9 Å². The normalized spacial score (nSPS) is 13.2. The van der Waals surface area contributed by atoms with Crippen molar-refractivity contribution in [3.8, 4) is 28.5 Å². The van der Waals surface area contributed by atoms with Gasteiger partial charge in [-0.05, 0) is 61.6 Å². The van der Waals surface area contributed by atoms with Crippen molar-refractivity contribution < 1.29 is 23.8 Å².